The highest BCUT2D eigenvalue weighted by Crippen LogP contribution is 2.43. The number of benzene rings is 1. The van der Waals surface area contributed by atoms with E-state index in [-0.39, 0.29) is 0 Å². The highest BCUT2D eigenvalue weighted by atomic mass is 16.5. The van der Waals surface area contributed by atoms with E-state index >= 15 is 0 Å². The van der Waals surface area contributed by atoms with E-state index in [1.54, 1.807) is 39.8 Å². The first kappa shape index (κ1) is 12.2. The van der Waals surface area contributed by atoms with E-state index in [1.165, 1.54) is 0 Å². The Morgan fingerprint density at radius 3 is 2.39 bits per heavy atom. The second-order valence-electron chi connectivity index (χ2n) is 3.54. The Hall–Kier alpha value is -2.23. The minimum atomic E-state index is 0.553. The Balaban J connectivity index is 2.62. The maximum absolute atomic E-state index is 5.40. The minimum absolute atomic E-state index is 0.553. The van der Waals surface area contributed by atoms with E-state index in [4.69, 9.17) is 14.2 Å². The largest absolute Gasteiger partial charge is 0.493 e. The van der Waals surface area contributed by atoms with Gasteiger partial charge in [0.05, 0.1) is 21.3 Å². The quantitative estimate of drug-likeness (QED) is 0.828. The average molecular weight is 244 g/mol. The number of rotatable bonds is 4. The van der Waals surface area contributed by atoms with Crippen molar-refractivity contribution < 1.29 is 14.2 Å². The zero-order chi connectivity index (χ0) is 13.0. The van der Waals surface area contributed by atoms with Gasteiger partial charge in [0, 0.05) is 23.5 Å². The van der Waals surface area contributed by atoms with E-state index in [9.17, 15) is 0 Å². The Morgan fingerprint density at radius 2 is 1.83 bits per heavy atom. The fourth-order valence-electron chi connectivity index (χ4n) is 1.76. The molecule has 0 atom stereocenters. The van der Waals surface area contributed by atoms with E-state index in [0.717, 1.165) is 11.1 Å². The maximum atomic E-state index is 5.40. The SMILES string of the molecule is COc1c[c]c(-c2cccnc2)c(OC)c1OC. The summed E-state index contributed by atoms with van der Waals surface area (Å²) in [7, 11) is 4.74. The summed E-state index contributed by atoms with van der Waals surface area (Å²) in [5.41, 5.74) is 1.71. The molecule has 0 amide bonds. The molecular weight excluding hydrogens is 230 g/mol. The molecule has 0 saturated heterocycles. The average Bonchev–Trinajstić information content (AvgIpc) is 2.46. The predicted molar refractivity (Wildman–Crippen MR) is 68.2 cm³/mol. The van der Waals surface area contributed by atoms with Crippen molar-refractivity contribution in [1.82, 2.24) is 4.98 Å². The van der Waals surface area contributed by atoms with Crippen LogP contribution < -0.4 is 14.2 Å². The van der Waals surface area contributed by atoms with Crippen molar-refractivity contribution in [2.45, 2.75) is 0 Å². The third-order valence-electron chi connectivity index (χ3n) is 2.58. The second-order valence-corrected chi connectivity index (χ2v) is 3.54. The summed E-state index contributed by atoms with van der Waals surface area (Å²) in [6, 6.07) is 8.65. The highest BCUT2D eigenvalue weighted by molar-refractivity contribution is 5.75. The first-order chi connectivity index (χ1) is 8.81. The van der Waals surface area contributed by atoms with Crippen LogP contribution in [0, 0.1) is 6.07 Å². The van der Waals surface area contributed by atoms with Gasteiger partial charge in [0.15, 0.2) is 11.5 Å². The van der Waals surface area contributed by atoms with Gasteiger partial charge in [0.25, 0.3) is 0 Å². The zero-order valence-electron chi connectivity index (χ0n) is 10.6. The summed E-state index contributed by atoms with van der Waals surface area (Å²) in [5.74, 6) is 1.73. The predicted octanol–water partition coefficient (Wildman–Crippen LogP) is 2.57. The number of hydrogen-bond acceptors (Lipinski definition) is 4. The lowest BCUT2D eigenvalue weighted by Crippen LogP contribution is -1.97. The van der Waals surface area contributed by atoms with Crippen molar-refractivity contribution >= 4 is 0 Å². The van der Waals surface area contributed by atoms with Gasteiger partial charge in [0.1, 0.15) is 0 Å². The molecule has 1 aromatic carbocycles. The molecule has 0 unspecified atom stereocenters. The highest BCUT2D eigenvalue weighted by Gasteiger charge is 2.17. The Bertz CT molecular complexity index is 526. The molecule has 0 spiro atoms. The molecule has 2 rings (SSSR count). The number of nitrogens with zero attached hydrogens (tertiary/aromatic N) is 1. The van der Waals surface area contributed by atoms with Gasteiger partial charge in [-0.3, -0.25) is 4.98 Å². The third-order valence-corrected chi connectivity index (χ3v) is 2.58. The van der Waals surface area contributed by atoms with Crippen LogP contribution >= 0.6 is 0 Å². The van der Waals surface area contributed by atoms with Gasteiger partial charge < -0.3 is 14.2 Å². The van der Waals surface area contributed by atoms with Crippen LogP contribution in [0.1, 0.15) is 0 Å². The maximum Gasteiger partial charge on any atom is 0.203 e. The van der Waals surface area contributed by atoms with Crippen LogP contribution in [0.2, 0.25) is 0 Å². The molecule has 93 valence electrons. The van der Waals surface area contributed by atoms with Crippen molar-refractivity contribution in [3.05, 3.63) is 36.7 Å². The molecule has 0 bridgehead atoms. The summed E-state index contributed by atoms with van der Waals surface area (Å²) in [6.45, 7) is 0. The molecule has 2 aromatic rings. The number of pyridine rings is 1. The van der Waals surface area contributed by atoms with Gasteiger partial charge in [-0.2, -0.15) is 0 Å². The monoisotopic (exact) mass is 244 g/mol. The topological polar surface area (TPSA) is 40.6 Å². The molecule has 4 heteroatoms. The Labute approximate surface area is 106 Å². The van der Waals surface area contributed by atoms with Gasteiger partial charge in [0.2, 0.25) is 5.75 Å². The second kappa shape index (κ2) is 5.40. The van der Waals surface area contributed by atoms with E-state index in [0.29, 0.717) is 17.2 Å². The minimum Gasteiger partial charge on any atom is -0.493 e. The number of ether oxygens (including phenoxy) is 3. The molecular formula is C14H14NO3. The van der Waals surface area contributed by atoms with E-state index in [2.05, 4.69) is 11.1 Å². The van der Waals surface area contributed by atoms with Crippen LogP contribution in [0.3, 0.4) is 0 Å². The van der Waals surface area contributed by atoms with E-state index < -0.39 is 0 Å². The number of methoxy groups -OCH3 is 3. The Kier molecular flexibility index (Phi) is 3.67. The zero-order valence-corrected chi connectivity index (χ0v) is 10.6. The van der Waals surface area contributed by atoms with Crippen molar-refractivity contribution in [3.8, 4) is 28.4 Å². The summed E-state index contributed by atoms with van der Waals surface area (Å²) < 4.78 is 15.9. The molecule has 0 aliphatic carbocycles. The van der Waals surface area contributed by atoms with Crippen LogP contribution in [0.25, 0.3) is 11.1 Å². The van der Waals surface area contributed by atoms with Gasteiger partial charge in [-0.25, -0.2) is 0 Å². The smallest absolute Gasteiger partial charge is 0.203 e. The fraction of sp³-hybridized carbons (Fsp3) is 0.214. The lowest BCUT2D eigenvalue weighted by atomic mass is 10.1. The first-order valence-electron chi connectivity index (χ1n) is 5.42. The lowest BCUT2D eigenvalue weighted by Gasteiger charge is -2.15. The van der Waals surface area contributed by atoms with Gasteiger partial charge in [-0.15, -0.1) is 0 Å². The molecule has 0 saturated carbocycles. The van der Waals surface area contributed by atoms with Gasteiger partial charge in [-0.1, -0.05) is 6.07 Å². The normalized spacial score (nSPS) is 9.94. The summed E-state index contributed by atoms with van der Waals surface area (Å²) in [4.78, 5) is 4.09. The molecule has 4 nitrogen and oxygen atoms in total. The number of hydrogen-bond donors (Lipinski definition) is 0. The Morgan fingerprint density at radius 1 is 1.06 bits per heavy atom. The standard InChI is InChI=1S/C14H14NO3/c1-16-12-7-6-11(10-5-4-8-15-9-10)13(17-2)14(12)18-3/h4-5,7-9H,1-3H3. The van der Waals surface area contributed by atoms with Crippen LogP contribution in [0.15, 0.2) is 30.6 Å². The molecule has 1 radical (unpaired) electrons. The van der Waals surface area contributed by atoms with Crippen LogP contribution in [-0.2, 0) is 0 Å². The fourth-order valence-corrected chi connectivity index (χ4v) is 1.76. The van der Waals surface area contributed by atoms with Crippen LogP contribution in [0.4, 0.5) is 0 Å². The van der Waals surface area contributed by atoms with Crippen LogP contribution in [0.5, 0.6) is 17.2 Å². The first-order valence-corrected chi connectivity index (χ1v) is 5.42. The molecule has 0 fully saturated rings. The number of aromatic nitrogens is 1. The molecule has 0 aliphatic rings. The van der Waals surface area contributed by atoms with Crippen molar-refractivity contribution in [1.29, 1.82) is 0 Å². The van der Waals surface area contributed by atoms with Crippen molar-refractivity contribution in [3.63, 3.8) is 0 Å². The molecule has 1 aromatic heterocycles. The van der Waals surface area contributed by atoms with Crippen molar-refractivity contribution in [2.75, 3.05) is 21.3 Å². The van der Waals surface area contributed by atoms with Gasteiger partial charge in [-0.05, 0) is 18.2 Å². The van der Waals surface area contributed by atoms with Gasteiger partial charge >= 0.3 is 0 Å². The summed E-state index contributed by atoms with van der Waals surface area (Å²) in [5, 5.41) is 0. The molecule has 0 N–H and O–H groups in total. The molecule has 1 heterocycles. The van der Waals surface area contributed by atoms with Crippen molar-refractivity contribution in [2.24, 2.45) is 0 Å². The molecule has 0 aliphatic heterocycles. The lowest BCUT2D eigenvalue weighted by molar-refractivity contribution is 0.325. The summed E-state index contributed by atoms with van der Waals surface area (Å²) >= 11 is 0. The third kappa shape index (κ3) is 2.09. The summed E-state index contributed by atoms with van der Waals surface area (Å²) in [6.07, 6.45) is 3.47. The molecule has 18 heavy (non-hydrogen) atoms. The van der Waals surface area contributed by atoms with E-state index in [1.807, 2.05) is 12.1 Å². The van der Waals surface area contributed by atoms with Crippen LogP contribution in [-0.4, -0.2) is 26.3 Å².